The third-order valence-electron chi connectivity index (χ3n) is 3.36. The molecular formula is C13H19N5O. The molecule has 1 saturated heterocycles. The van der Waals surface area contributed by atoms with Crippen molar-refractivity contribution in [3.8, 4) is 0 Å². The normalized spacial score (nSPS) is 16.8. The first kappa shape index (κ1) is 12.4. The molecule has 102 valence electrons. The Labute approximate surface area is 112 Å². The number of aromatic nitrogens is 3. The first-order valence-electron chi connectivity index (χ1n) is 6.78. The van der Waals surface area contributed by atoms with Crippen molar-refractivity contribution in [1.29, 1.82) is 0 Å². The van der Waals surface area contributed by atoms with Crippen molar-refractivity contribution in [2.24, 2.45) is 0 Å². The van der Waals surface area contributed by atoms with E-state index in [2.05, 4.69) is 20.7 Å². The second-order valence-corrected chi connectivity index (χ2v) is 4.68. The van der Waals surface area contributed by atoms with Crippen LogP contribution in [0.15, 0.2) is 24.7 Å². The Balaban J connectivity index is 1.48. The minimum atomic E-state index is 0.404. The van der Waals surface area contributed by atoms with Gasteiger partial charge < -0.3 is 15.4 Å². The second-order valence-electron chi connectivity index (χ2n) is 4.68. The number of anilines is 1. The third kappa shape index (κ3) is 3.02. The zero-order valence-electron chi connectivity index (χ0n) is 10.9. The molecule has 6 nitrogen and oxygen atoms in total. The van der Waals surface area contributed by atoms with Crippen molar-refractivity contribution in [1.82, 2.24) is 19.9 Å². The fourth-order valence-corrected chi connectivity index (χ4v) is 2.35. The van der Waals surface area contributed by atoms with Gasteiger partial charge >= 0.3 is 0 Å². The van der Waals surface area contributed by atoms with Gasteiger partial charge in [0, 0.05) is 18.9 Å². The SMILES string of the molecule is c1cn2nccc2c(NCCOC2CCNCC2)n1. The summed E-state index contributed by atoms with van der Waals surface area (Å²) < 4.78 is 7.65. The van der Waals surface area contributed by atoms with Gasteiger partial charge in [-0.2, -0.15) is 5.10 Å². The van der Waals surface area contributed by atoms with Gasteiger partial charge in [-0.15, -0.1) is 0 Å². The Hall–Kier alpha value is -1.66. The van der Waals surface area contributed by atoms with Gasteiger partial charge in [-0.1, -0.05) is 0 Å². The zero-order valence-corrected chi connectivity index (χ0v) is 10.9. The van der Waals surface area contributed by atoms with E-state index >= 15 is 0 Å². The lowest BCUT2D eigenvalue weighted by Crippen LogP contribution is -2.33. The number of hydrogen-bond acceptors (Lipinski definition) is 5. The summed E-state index contributed by atoms with van der Waals surface area (Å²) >= 11 is 0. The van der Waals surface area contributed by atoms with Crippen molar-refractivity contribution in [2.45, 2.75) is 18.9 Å². The maximum Gasteiger partial charge on any atom is 0.152 e. The number of rotatable bonds is 5. The predicted molar refractivity (Wildman–Crippen MR) is 73.3 cm³/mol. The smallest absolute Gasteiger partial charge is 0.152 e. The number of piperidine rings is 1. The predicted octanol–water partition coefficient (Wildman–Crippen LogP) is 0.910. The minimum absolute atomic E-state index is 0.404. The standard InChI is InChI=1S/C13H19N5O/c1-4-14-5-2-11(1)19-10-8-16-13-12-3-6-17-18(12)9-7-15-13/h3,6-7,9,11,14H,1-2,4-5,8,10H2,(H,15,16). The van der Waals surface area contributed by atoms with Crippen LogP contribution in [0.1, 0.15) is 12.8 Å². The Morgan fingerprint density at radius 3 is 3.16 bits per heavy atom. The van der Waals surface area contributed by atoms with E-state index in [0.717, 1.165) is 43.8 Å². The molecule has 1 fully saturated rings. The van der Waals surface area contributed by atoms with Gasteiger partial charge in [0.05, 0.1) is 18.9 Å². The average Bonchev–Trinajstić information content (AvgIpc) is 2.94. The van der Waals surface area contributed by atoms with Crippen molar-refractivity contribution in [3.05, 3.63) is 24.7 Å². The molecule has 0 saturated carbocycles. The summed E-state index contributed by atoms with van der Waals surface area (Å²) in [5, 5.41) is 10.8. The quantitative estimate of drug-likeness (QED) is 0.783. The Kier molecular flexibility index (Phi) is 3.90. The molecule has 2 aromatic heterocycles. The number of nitrogens with zero attached hydrogens (tertiary/aromatic N) is 3. The minimum Gasteiger partial charge on any atom is -0.376 e. The number of fused-ring (bicyclic) bond motifs is 1. The maximum absolute atomic E-state index is 5.85. The van der Waals surface area contributed by atoms with E-state index in [0.29, 0.717) is 12.7 Å². The van der Waals surface area contributed by atoms with Crippen LogP contribution in [-0.2, 0) is 4.74 Å². The van der Waals surface area contributed by atoms with Crippen LogP contribution in [0.5, 0.6) is 0 Å². The van der Waals surface area contributed by atoms with Gasteiger partial charge in [0.25, 0.3) is 0 Å². The van der Waals surface area contributed by atoms with Crippen molar-refractivity contribution < 1.29 is 4.74 Å². The van der Waals surface area contributed by atoms with E-state index in [1.807, 2.05) is 16.8 Å². The van der Waals surface area contributed by atoms with E-state index in [1.165, 1.54) is 0 Å². The highest BCUT2D eigenvalue weighted by Crippen LogP contribution is 2.12. The molecule has 0 aliphatic carbocycles. The topological polar surface area (TPSA) is 63.5 Å². The molecule has 0 aromatic carbocycles. The summed E-state index contributed by atoms with van der Waals surface area (Å²) in [6.07, 6.45) is 7.98. The van der Waals surface area contributed by atoms with Gasteiger partial charge in [0.1, 0.15) is 5.52 Å². The van der Waals surface area contributed by atoms with Crippen molar-refractivity contribution in [3.63, 3.8) is 0 Å². The van der Waals surface area contributed by atoms with E-state index < -0.39 is 0 Å². The molecule has 1 aliphatic heterocycles. The van der Waals surface area contributed by atoms with E-state index in [-0.39, 0.29) is 0 Å². The lowest BCUT2D eigenvalue weighted by molar-refractivity contribution is 0.0394. The fourth-order valence-electron chi connectivity index (χ4n) is 2.35. The third-order valence-corrected chi connectivity index (χ3v) is 3.36. The van der Waals surface area contributed by atoms with Crippen LogP contribution >= 0.6 is 0 Å². The number of ether oxygens (including phenoxy) is 1. The van der Waals surface area contributed by atoms with Crippen LogP contribution in [0.25, 0.3) is 5.52 Å². The summed E-state index contributed by atoms with van der Waals surface area (Å²) in [6, 6.07) is 1.95. The summed E-state index contributed by atoms with van der Waals surface area (Å²) in [7, 11) is 0. The molecule has 19 heavy (non-hydrogen) atoms. The van der Waals surface area contributed by atoms with Crippen molar-refractivity contribution in [2.75, 3.05) is 31.6 Å². The van der Waals surface area contributed by atoms with Gasteiger partial charge in [0.15, 0.2) is 5.82 Å². The first-order chi connectivity index (χ1) is 9.43. The van der Waals surface area contributed by atoms with Gasteiger partial charge in [-0.05, 0) is 32.0 Å². The van der Waals surface area contributed by atoms with Crippen LogP contribution in [0.4, 0.5) is 5.82 Å². The molecule has 0 atom stereocenters. The van der Waals surface area contributed by atoms with Crippen LogP contribution in [0.2, 0.25) is 0 Å². The Morgan fingerprint density at radius 1 is 1.37 bits per heavy atom. The molecule has 0 unspecified atom stereocenters. The lowest BCUT2D eigenvalue weighted by atomic mass is 10.1. The molecule has 0 amide bonds. The average molecular weight is 261 g/mol. The van der Waals surface area contributed by atoms with E-state index in [9.17, 15) is 0 Å². The van der Waals surface area contributed by atoms with Gasteiger partial charge in [-0.3, -0.25) is 0 Å². The van der Waals surface area contributed by atoms with E-state index in [1.54, 1.807) is 12.4 Å². The molecule has 1 aliphatic rings. The van der Waals surface area contributed by atoms with Crippen LogP contribution in [-0.4, -0.2) is 46.9 Å². The fraction of sp³-hybridized carbons (Fsp3) is 0.538. The largest absolute Gasteiger partial charge is 0.376 e. The molecular weight excluding hydrogens is 242 g/mol. The summed E-state index contributed by atoms with van der Waals surface area (Å²) in [6.45, 7) is 3.60. The molecule has 0 radical (unpaired) electrons. The first-order valence-corrected chi connectivity index (χ1v) is 6.78. The van der Waals surface area contributed by atoms with Gasteiger partial charge in [0.2, 0.25) is 0 Å². The highest BCUT2D eigenvalue weighted by Gasteiger charge is 2.12. The molecule has 0 spiro atoms. The van der Waals surface area contributed by atoms with Crippen LogP contribution in [0, 0.1) is 0 Å². The van der Waals surface area contributed by atoms with Gasteiger partial charge in [-0.25, -0.2) is 9.50 Å². The molecule has 3 heterocycles. The number of nitrogens with one attached hydrogen (secondary N) is 2. The molecule has 2 N–H and O–H groups in total. The highest BCUT2D eigenvalue weighted by molar-refractivity contribution is 5.66. The Bertz CT molecular complexity index is 520. The Morgan fingerprint density at radius 2 is 2.26 bits per heavy atom. The van der Waals surface area contributed by atoms with Crippen LogP contribution in [0.3, 0.4) is 0 Å². The second kappa shape index (κ2) is 5.99. The zero-order chi connectivity index (χ0) is 12.9. The number of hydrogen-bond donors (Lipinski definition) is 2. The molecule has 3 rings (SSSR count). The highest BCUT2D eigenvalue weighted by atomic mass is 16.5. The lowest BCUT2D eigenvalue weighted by Gasteiger charge is -2.23. The van der Waals surface area contributed by atoms with Crippen LogP contribution < -0.4 is 10.6 Å². The summed E-state index contributed by atoms with van der Waals surface area (Å²) in [5.74, 6) is 0.855. The van der Waals surface area contributed by atoms with E-state index in [4.69, 9.17) is 4.74 Å². The monoisotopic (exact) mass is 261 g/mol. The summed E-state index contributed by atoms with van der Waals surface area (Å²) in [4.78, 5) is 4.33. The molecule has 6 heteroatoms. The molecule has 0 bridgehead atoms. The van der Waals surface area contributed by atoms with Crippen molar-refractivity contribution >= 4 is 11.3 Å². The summed E-state index contributed by atoms with van der Waals surface area (Å²) in [5.41, 5.74) is 0.990. The maximum atomic E-state index is 5.85. The molecule has 2 aromatic rings.